The molecule has 0 fully saturated rings. The molecule has 0 saturated heterocycles. The number of thiophene rings is 1. The SMILES string of the molecule is CNSc1cc2ccccc2s1. The van der Waals surface area contributed by atoms with Crippen molar-refractivity contribution in [2.75, 3.05) is 7.05 Å². The summed E-state index contributed by atoms with van der Waals surface area (Å²) in [7, 11) is 1.94. The van der Waals surface area contributed by atoms with Gasteiger partial charge in [0.15, 0.2) is 0 Å². The smallest absolute Gasteiger partial charge is 0.0763 e. The molecule has 62 valence electrons. The van der Waals surface area contributed by atoms with Gasteiger partial charge >= 0.3 is 0 Å². The van der Waals surface area contributed by atoms with E-state index in [1.807, 2.05) is 18.4 Å². The highest BCUT2D eigenvalue weighted by molar-refractivity contribution is 7.99. The van der Waals surface area contributed by atoms with Crippen LogP contribution >= 0.6 is 23.3 Å². The Morgan fingerprint density at radius 2 is 2.17 bits per heavy atom. The van der Waals surface area contributed by atoms with Crippen LogP contribution in [0.3, 0.4) is 0 Å². The van der Waals surface area contributed by atoms with Crippen molar-refractivity contribution in [3.05, 3.63) is 30.3 Å². The van der Waals surface area contributed by atoms with Crippen LogP contribution in [0.1, 0.15) is 0 Å². The zero-order chi connectivity index (χ0) is 8.39. The third kappa shape index (κ3) is 1.48. The molecule has 2 rings (SSSR count). The summed E-state index contributed by atoms with van der Waals surface area (Å²) in [5.41, 5.74) is 0. The van der Waals surface area contributed by atoms with Crippen molar-refractivity contribution in [3.8, 4) is 0 Å². The van der Waals surface area contributed by atoms with Crippen molar-refractivity contribution in [2.24, 2.45) is 0 Å². The molecule has 1 N–H and O–H groups in total. The first-order valence-electron chi connectivity index (χ1n) is 3.72. The lowest BCUT2D eigenvalue weighted by Crippen LogP contribution is -1.87. The van der Waals surface area contributed by atoms with E-state index in [1.54, 1.807) is 11.9 Å². The fourth-order valence-electron chi connectivity index (χ4n) is 1.11. The summed E-state index contributed by atoms with van der Waals surface area (Å²) in [5.74, 6) is 0. The summed E-state index contributed by atoms with van der Waals surface area (Å²) in [6, 6.07) is 10.7. The number of hydrogen-bond donors (Lipinski definition) is 1. The largest absolute Gasteiger partial charge is 0.262 e. The van der Waals surface area contributed by atoms with E-state index in [2.05, 4.69) is 35.1 Å². The minimum Gasteiger partial charge on any atom is -0.262 e. The minimum absolute atomic E-state index is 1.32. The first-order chi connectivity index (χ1) is 5.90. The van der Waals surface area contributed by atoms with Gasteiger partial charge in [0.05, 0.1) is 4.21 Å². The second-order valence-corrected chi connectivity index (χ2v) is 4.80. The molecule has 0 atom stereocenters. The van der Waals surface area contributed by atoms with E-state index in [0.29, 0.717) is 0 Å². The van der Waals surface area contributed by atoms with Crippen LogP contribution in [0.4, 0.5) is 0 Å². The predicted octanol–water partition coefficient (Wildman–Crippen LogP) is 3.13. The fraction of sp³-hybridized carbons (Fsp3) is 0.111. The monoisotopic (exact) mass is 195 g/mol. The van der Waals surface area contributed by atoms with Crippen LogP contribution in [-0.4, -0.2) is 7.05 Å². The Balaban J connectivity index is 2.47. The van der Waals surface area contributed by atoms with Gasteiger partial charge in [0.1, 0.15) is 0 Å². The van der Waals surface area contributed by atoms with Gasteiger partial charge in [0, 0.05) is 4.70 Å². The van der Waals surface area contributed by atoms with Crippen LogP contribution < -0.4 is 4.72 Å². The molecule has 0 bridgehead atoms. The average molecular weight is 195 g/mol. The van der Waals surface area contributed by atoms with E-state index in [0.717, 1.165) is 0 Å². The molecule has 0 saturated carbocycles. The van der Waals surface area contributed by atoms with Crippen molar-refractivity contribution in [1.29, 1.82) is 0 Å². The Bertz CT molecular complexity index is 348. The molecule has 0 aliphatic carbocycles. The summed E-state index contributed by atoms with van der Waals surface area (Å²) in [5, 5.41) is 1.33. The zero-order valence-electron chi connectivity index (χ0n) is 6.70. The molecule has 0 amide bonds. The van der Waals surface area contributed by atoms with Gasteiger partial charge < -0.3 is 0 Å². The molecule has 0 unspecified atom stereocenters. The summed E-state index contributed by atoms with van der Waals surface area (Å²) in [4.78, 5) is 0. The minimum atomic E-state index is 1.32. The Hall–Kier alpha value is -0.510. The van der Waals surface area contributed by atoms with Crippen molar-refractivity contribution in [3.63, 3.8) is 0 Å². The van der Waals surface area contributed by atoms with E-state index >= 15 is 0 Å². The quantitative estimate of drug-likeness (QED) is 0.739. The second kappa shape index (κ2) is 3.47. The first kappa shape index (κ1) is 8.10. The van der Waals surface area contributed by atoms with Gasteiger partial charge in [0.2, 0.25) is 0 Å². The molecule has 1 aromatic carbocycles. The second-order valence-electron chi connectivity index (χ2n) is 2.41. The maximum Gasteiger partial charge on any atom is 0.0763 e. The standard InChI is InChI=1S/C9H9NS2/c1-10-12-9-6-7-4-2-3-5-8(7)11-9/h2-6,10H,1H3. The van der Waals surface area contributed by atoms with E-state index in [4.69, 9.17) is 0 Å². The third-order valence-electron chi connectivity index (χ3n) is 1.61. The molecule has 2 aromatic rings. The summed E-state index contributed by atoms with van der Waals surface area (Å²) in [6.45, 7) is 0. The van der Waals surface area contributed by atoms with Crippen molar-refractivity contribution in [2.45, 2.75) is 4.21 Å². The van der Waals surface area contributed by atoms with Gasteiger partial charge in [-0.3, -0.25) is 4.72 Å². The lowest BCUT2D eigenvalue weighted by molar-refractivity contribution is 1.29. The molecule has 0 aliphatic rings. The maximum atomic E-state index is 3.07. The highest BCUT2D eigenvalue weighted by Crippen LogP contribution is 2.30. The lowest BCUT2D eigenvalue weighted by atomic mass is 10.3. The van der Waals surface area contributed by atoms with Crippen LogP contribution in [0.5, 0.6) is 0 Å². The summed E-state index contributed by atoms with van der Waals surface area (Å²) in [6.07, 6.45) is 0. The Morgan fingerprint density at radius 3 is 2.92 bits per heavy atom. The maximum absolute atomic E-state index is 3.07. The molecule has 1 heterocycles. The van der Waals surface area contributed by atoms with Crippen LogP contribution in [-0.2, 0) is 0 Å². The number of rotatable bonds is 2. The number of nitrogens with one attached hydrogen (secondary N) is 1. The van der Waals surface area contributed by atoms with Gasteiger partial charge in [-0.25, -0.2) is 0 Å². The lowest BCUT2D eigenvalue weighted by Gasteiger charge is -1.88. The van der Waals surface area contributed by atoms with E-state index in [-0.39, 0.29) is 0 Å². The van der Waals surface area contributed by atoms with Crippen LogP contribution in [0.2, 0.25) is 0 Å². The van der Waals surface area contributed by atoms with Gasteiger partial charge in [-0.15, -0.1) is 11.3 Å². The number of hydrogen-bond acceptors (Lipinski definition) is 3. The molecule has 1 nitrogen and oxygen atoms in total. The molecule has 12 heavy (non-hydrogen) atoms. The highest BCUT2D eigenvalue weighted by Gasteiger charge is 1.99. The third-order valence-corrected chi connectivity index (χ3v) is 3.54. The van der Waals surface area contributed by atoms with E-state index in [9.17, 15) is 0 Å². The molecule has 1 aromatic heterocycles. The molecule has 0 aliphatic heterocycles. The van der Waals surface area contributed by atoms with Crippen LogP contribution in [0.25, 0.3) is 10.1 Å². The first-order valence-corrected chi connectivity index (χ1v) is 5.35. The zero-order valence-corrected chi connectivity index (χ0v) is 8.34. The topological polar surface area (TPSA) is 12.0 Å². The van der Waals surface area contributed by atoms with E-state index < -0.39 is 0 Å². The fourth-order valence-corrected chi connectivity index (χ4v) is 2.98. The normalized spacial score (nSPS) is 10.8. The van der Waals surface area contributed by atoms with Crippen LogP contribution in [0, 0.1) is 0 Å². The van der Waals surface area contributed by atoms with Gasteiger partial charge in [-0.1, -0.05) is 18.2 Å². The van der Waals surface area contributed by atoms with E-state index in [1.165, 1.54) is 14.3 Å². The predicted molar refractivity (Wildman–Crippen MR) is 56.7 cm³/mol. The van der Waals surface area contributed by atoms with Crippen molar-refractivity contribution in [1.82, 2.24) is 4.72 Å². The Kier molecular flexibility index (Phi) is 2.35. The molecular formula is C9H9NS2. The summed E-state index contributed by atoms with van der Waals surface area (Å²) >= 11 is 3.49. The summed E-state index contributed by atoms with van der Waals surface area (Å²) < 4.78 is 5.75. The van der Waals surface area contributed by atoms with Crippen molar-refractivity contribution < 1.29 is 0 Å². The molecule has 0 spiro atoms. The van der Waals surface area contributed by atoms with Gasteiger partial charge in [-0.2, -0.15) is 0 Å². The molecule has 3 heteroatoms. The molecular weight excluding hydrogens is 186 g/mol. The highest BCUT2D eigenvalue weighted by atomic mass is 32.2. The van der Waals surface area contributed by atoms with Gasteiger partial charge in [0.25, 0.3) is 0 Å². The van der Waals surface area contributed by atoms with Crippen LogP contribution in [0.15, 0.2) is 34.5 Å². The Morgan fingerprint density at radius 1 is 1.33 bits per heavy atom. The Labute approximate surface area is 79.9 Å². The number of benzene rings is 1. The average Bonchev–Trinajstić information content (AvgIpc) is 2.47. The van der Waals surface area contributed by atoms with Crippen molar-refractivity contribution >= 4 is 33.4 Å². The number of fused-ring (bicyclic) bond motifs is 1. The molecule has 0 radical (unpaired) electrons. The van der Waals surface area contributed by atoms with Gasteiger partial charge in [-0.05, 0) is 36.5 Å².